The van der Waals surface area contributed by atoms with Gasteiger partial charge in [0, 0.05) is 16.7 Å². The van der Waals surface area contributed by atoms with E-state index in [1.54, 1.807) is 0 Å². The molecule has 0 saturated heterocycles. The first-order valence-corrected chi connectivity index (χ1v) is 5.96. The van der Waals surface area contributed by atoms with E-state index in [2.05, 4.69) is 27.3 Å². The summed E-state index contributed by atoms with van der Waals surface area (Å²) in [5.74, 6) is 0. The van der Waals surface area contributed by atoms with E-state index >= 15 is 0 Å². The molecule has 0 aromatic heterocycles. The molecule has 0 heterocycles. The van der Waals surface area contributed by atoms with Crippen LogP contribution in [0.4, 0.5) is 5.69 Å². The van der Waals surface area contributed by atoms with Crippen molar-refractivity contribution >= 4 is 21.6 Å². The molecular formula is C12H18BrNO. The summed E-state index contributed by atoms with van der Waals surface area (Å²) in [7, 11) is 0. The van der Waals surface area contributed by atoms with E-state index in [1.807, 2.05) is 32.9 Å². The number of rotatable bonds is 4. The van der Waals surface area contributed by atoms with Gasteiger partial charge >= 0.3 is 0 Å². The second-order valence-corrected chi connectivity index (χ2v) is 5.08. The lowest BCUT2D eigenvalue weighted by molar-refractivity contribution is 0.0697. The van der Waals surface area contributed by atoms with Crippen LogP contribution in [0.25, 0.3) is 0 Å². The van der Waals surface area contributed by atoms with Crippen LogP contribution in [0.2, 0.25) is 0 Å². The van der Waals surface area contributed by atoms with E-state index < -0.39 is 5.60 Å². The van der Waals surface area contributed by atoms with Gasteiger partial charge in [0.25, 0.3) is 0 Å². The van der Waals surface area contributed by atoms with Gasteiger partial charge < -0.3 is 10.4 Å². The molecular weight excluding hydrogens is 254 g/mol. The molecule has 0 spiro atoms. The number of nitrogens with one attached hydrogen (secondary N) is 1. The highest BCUT2D eigenvalue weighted by Gasteiger charge is 2.16. The van der Waals surface area contributed by atoms with Crippen molar-refractivity contribution in [3.8, 4) is 0 Å². The van der Waals surface area contributed by atoms with Gasteiger partial charge in [0.15, 0.2) is 0 Å². The van der Waals surface area contributed by atoms with Gasteiger partial charge in [0.1, 0.15) is 0 Å². The predicted octanol–water partition coefficient (Wildman–Crippen LogP) is 3.33. The molecule has 0 aliphatic carbocycles. The zero-order valence-electron chi connectivity index (χ0n) is 9.47. The van der Waals surface area contributed by atoms with Crippen molar-refractivity contribution in [3.63, 3.8) is 0 Å². The number of halogens is 1. The van der Waals surface area contributed by atoms with E-state index in [-0.39, 0.29) is 0 Å². The first kappa shape index (κ1) is 12.5. The molecule has 1 aromatic carbocycles. The molecule has 0 aliphatic rings. The Labute approximate surface area is 99.8 Å². The van der Waals surface area contributed by atoms with E-state index in [1.165, 1.54) is 5.56 Å². The van der Waals surface area contributed by atoms with Crippen molar-refractivity contribution < 1.29 is 5.11 Å². The van der Waals surface area contributed by atoms with Crippen molar-refractivity contribution in [1.82, 2.24) is 0 Å². The molecule has 0 radical (unpaired) electrons. The molecule has 0 saturated carbocycles. The van der Waals surface area contributed by atoms with Gasteiger partial charge in [-0.2, -0.15) is 0 Å². The summed E-state index contributed by atoms with van der Waals surface area (Å²) in [5.41, 5.74) is 1.61. The molecule has 1 atom stereocenters. The second-order valence-electron chi connectivity index (χ2n) is 4.16. The lowest BCUT2D eigenvalue weighted by Crippen LogP contribution is -2.32. The summed E-state index contributed by atoms with van der Waals surface area (Å²) in [6, 6.07) is 6.07. The van der Waals surface area contributed by atoms with Crippen molar-refractivity contribution in [1.29, 1.82) is 0 Å². The van der Waals surface area contributed by atoms with E-state index in [4.69, 9.17) is 0 Å². The number of aryl methyl sites for hydroxylation is 1. The first-order valence-electron chi connectivity index (χ1n) is 5.17. The molecule has 1 unspecified atom stereocenters. The second kappa shape index (κ2) is 4.99. The monoisotopic (exact) mass is 271 g/mol. The van der Waals surface area contributed by atoms with Crippen LogP contribution in [0.1, 0.15) is 25.8 Å². The van der Waals surface area contributed by atoms with E-state index in [9.17, 15) is 5.11 Å². The number of hydrogen-bond donors (Lipinski definition) is 2. The summed E-state index contributed by atoms with van der Waals surface area (Å²) in [6.07, 6.45) is 0.746. The summed E-state index contributed by atoms with van der Waals surface area (Å²) in [4.78, 5) is 0. The average molecular weight is 272 g/mol. The van der Waals surface area contributed by atoms with Crippen LogP contribution >= 0.6 is 15.9 Å². The minimum Gasteiger partial charge on any atom is -0.388 e. The van der Waals surface area contributed by atoms with Crippen LogP contribution in [0.3, 0.4) is 0 Å². The molecule has 2 nitrogen and oxygen atoms in total. The molecule has 2 N–H and O–H groups in total. The Kier molecular flexibility index (Phi) is 4.17. The molecule has 0 bridgehead atoms. The third-order valence-corrected chi connectivity index (χ3v) is 3.10. The average Bonchev–Trinajstić information content (AvgIpc) is 2.16. The van der Waals surface area contributed by atoms with Crippen LogP contribution in [0.15, 0.2) is 22.7 Å². The largest absolute Gasteiger partial charge is 0.388 e. The fourth-order valence-corrected chi connectivity index (χ4v) is 1.71. The Balaban J connectivity index is 2.66. The molecule has 84 valence electrons. The summed E-state index contributed by atoms with van der Waals surface area (Å²) < 4.78 is 1.08. The van der Waals surface area contributed by atoms with Gasteiger partial charge in [0.2, 0.25) is 0 Å². The van der Waals surface area contributed by atoms with Crippen LogP contribution in [-0.2, 0) is 0 Å². The highest BCUT2D eigenvalue weighted by molar-refractivity contribution is 9.10. The highest BCUT2D eigenvalue weighted by Crippen LogP contribution is 2.21. The zero-order valence-corrected chi connectivity index (χ0v) is 11.1. The van der Waals surface area contributed by atoms with Crippen LogP contribution in [-0.4, -0.2) is 17.3 Å². The minimum atomic E-state index is -0.639. The summed E-state index contributed by atoms with van der Waals surface area (Å²) in [5, 5.41) is 13.1. The molecule has 0 aliphatic heterocycles. The Morgan fingerprint density at radius 3 is 2.67 bits per heavy atom. The van der Waals surface area contributed by atoms with E-state index in [0.29, 0.717) is 6.54 Å². The standard InChI is InChI=1S/C12H18BrNO/c1-4-12(3,15)8-14-11-6-5-10(13)7-9(11)2/h5-7,14-15H,4,8H2,1-3H3. The molecule has 0 fully saturated rings. The number of anilines is 1. The quantitative estimate of drug-likeness (QED) is 0.881. The molecule has 15 heavy (non-hydrogen) atoms. The fourth-order valence-electron chi connectivity index (χ4n) is 1.24. The Morgan fingerprint density at radius 1 is 1.47 bits per heavy atom. The lowest BCUT2D eigenvalue weighted by Gasteiger charge is -2.23. The predicted molar refractivity (Wildman–Crippen MR) is 68.3 cm³/mol. The maximum absolute atomic E-state index is 9.86. The van der Waals surface area contributed by atoms with Gasteiger partial charge in [-0.15, -0.1) is 0 Å². The van der Waals surface area contributed by atoms with Crippen LogP contribution < -0.4 is 5.32 Å². The van der Waals surface area contributed by atoms with Gasteiger partial charge in [0.05, 0.1) is 5.60 Å². The maximum Gasteiger partial charge on any atom is 0.0788 e. The number of aliphatic hydroxyl groups is 1. The first-order chi connectivity index (χ1) is 6.94. The molecule has 3 heteroatoms. The number of benzene rings is 1. The lowest BCUT2D eigenvalue weighted by atomic mass is 10.0. The smallest absolute Gasteiger partial charge is 0.0788 e. The van der Waals surface area contributed by atoms with Crippen molar-refractivity contribution in [2.75, 3.05) is 11.9 Å². The summed E-state index contributed by atoms with van der Waals surface area (Å²) >= 11 is 3.42. The third-order valence-electron chi connectivity index (χ3n) is 2.61. The molecule has 0 amide bonds. The van der Waals surface area contributed by atoms with Crippen molar-refractivity contribution in [3.05, 3.63) is 28.2 Å². The van der Waals surface area contributed by atoms with E-state index in [0.717, 1.165) is 16.6 Å². The fraction of sp³-hybridized carbons (Fsp3) is 0.500. The van der Waals surface area contributed by atoms with Gasteiger partial charge in [-0.05, 0) is 44.0 Å². The Morgan fingerprint density at radius 2 is 2.13 bits per heavy atom. The third kappa shape index (κ3) is 3.84. The van der Waals surface area contributed by atoms with Gasteiger partial charge in [-0.1, -0.05) is 22.9 Å². The SMILES string of the molecule is CCC(C)(O)CNc1ccc(Br)cc1C. The highest BCUT2D eigenvalue weighted by atomic mass is 79.9. The minimum absolute atomic E-state index is 0.575. The normalized spacial score (nSPS) is 14.7. The van der Waals surface area contributed by atoms with Crippen LogP contribution in [0, 0.1) is 6.92 Å². The maximum atomic E-state index is 9.86. The Hall–Kier alpha value is -0.540. The molecule has 1 aromatic rings. The molecule has 1 rings (SSSR count). The summed E-state index contributed by atoms with van der Waals surface area (Å²) in [6.45, 7) is 6.45. The van der Waals surface area contributed by atoms with Crippen molar-refractivity contribution in [2.24, 2.45) is 0 Å². The Bertz CT molecular complexity index is 336. The van der Waals surface area contributed by atoms with Gasteiger partial charge in [-0.25, -0.2) is 0 Å². The number of hydrogen-bond acceptors (Lipinski definition) is 2. The van der Waals surface area contributed by atoms with Crippen molar-refractivity contribution in [2.45, 2.75) is 32.8 Å². The van der Waals surface area contributed by atoms with Crippen LogP contribution in [0.5, 0.6) is 0 Å². The van der Waals surface area contributed by atoms with Gasteiger partial charge in [-0.3, -0.25) is 0 Å². The topological polar surface area (TPSA) is 32.3 Å². The zero-order chi connectivity index (χ0) is 11.5.